The summed E-state index contributed by atoms with van der Waals surface area (Å²) in [5, 5.41) is 1.56. The third-order valence-electron chi connectivity index (χ3n) is 2.68. The first kappa shape index (κ1) is 12.1. The maximum atomic E-state index is 12.7. The van der Waals surface area contributed by atoms with Crippen molar-refractivity contribution in [2.24, 2.45) is 11.3 Å². The topological polar surface area (TPSA) is 15.3 Å². The molecule has 0 aromatic heterocycles. The lowest BCUT2D eigenvalue weighted by Gasteiger charge is -2.32. The summed E-state index contributed by atoms with van der Waals surface area (Å²) in [5.74, 6) is -0.255. The number of hydrazine groups is 1. The predicted octanol–water partition coefficient (Wildman–Crippen LogP) is 2.30. The number of rotatable bonds is 1. The fraction of sp³-hybridized carbons (Fsp3) is 1.00. The van der Waals surface area contributed by atoms with Crippen LogP contribution in [0.5, 0.6) is 0 Å². The molecule has 0 aromatic rings. The molecular formula is C9H17ClF2N2. The number of alkyl halides is 3. The van der Waals surface area contributed by atoms with Gasteiger partial charge in [-0.1, -0.05) is 20.8 Å². The van der Waals surface area contributed by atoms with Gasteiger partial charge in [0, 0.05) is 13.0 Å². The summed E-state index contributed by atoms with van der Waals surface area (Å²) in [6.45, 7) is 5.80. The third-order valence-corrected chi connectivity index (χ3v) is 3.24. The van der Waals surface area contributed by atoms with Crippen molar-refractivity contribution in [3.05, 3.63) is 0 Å². The Morgan fingerprint density at radius 3 is 2.14 bits per heavy atom. The maximum Gasteiger partial charge on any atom is 0.255 e. The molecule has 1 saturated heterocycles. The molecule has 0 amide bonds. The van der Waals surface area contributed by atoms with E-state index in [2.05, 4.69) is 5.43 Å². The normalized spacial score (nSPS) is 35.6. The summed E-state index contributed by atoms with van der Waals surface area (Å²) < 4.78 is 25.4. The monoisotopic (exact) mass is 226 g/mol. The minimum absolute atomic E-state index is 0.231. The second-order valence-corrected chi connectivity index (χ2v) is 5.31. The molecule has 1 N–H and O–H groups in total. The minimum Gasteiger partial charge on any atom is -0.245 e. The highest BCUT2D eigenvalue weighted by molar-refractivity contribution is 6.20. The van der Waals surface area contributed by atoms with Crippen molar-refractivity contribution in [2.45, 2.75) is 38.7 Å². The van der Waals surface area contributed by atoms with Crippen LogP contribution in [0.1, 0.15) is 20.8 Å². The van der Waals surface area contributed by atoms with Crippen LogP contribution < -0.4 is 5.43 Å². The Labute approximate surface area is 88.6 Å². The van der Waals surface area contributed by atoms with Gasteiger partial charge in [0.15, 0.2) is 0 Å². The van der Waals surface area contributed by atoms with Crippen LogP contribution in [0.4, 0.5) is 8.78 Å². The fourth-order valence-corrected chi connectivity index (χ4v) is 2.55. The largest absolute Gasteiger partial charge is 0.255 e. The van der Waals surface area contributed by atoms with Crippen molar-refractivity contribution in [2.75, 3.05) is 7.05 Å². The van der Waals surface area contributed by atoms with Gasteiger partial charge in [-0.3, -0.25) is 0 Å². The van der Waals surface area contributed by atoms with Crippen LogP contribution in [-0.2, 0) is 0 Å². The molecule has 3 atom stereocenters. The van der Waals surface area contributed by atoms with Gasteiger partial charge in [-0.05, 0) is 5.41 Å². The number of hydrogen-bond acceptors (Lipinski definition) is 2. The van der Waals surface area contributed by atoms with Crippen molar-refractivity contribution in [3.63, 3.8) is 0 Å². The summed E-state index contributed by atoms with van der Waals surface area (Å²) in [4.78, 5) is 0. The molecule has 1 heterocycles. The van der Waals surface area contributed by atoms with E-state index in [0.717, 1.165) is 0 Å². The highest BCUT2D eigenvalue weighted by Crippen LogP contribution is 2.40. The van der Waals surface area contributed by atoms with Gasteiger partial charge in [-0.25, -0.2) is 19.2 Å². The van der Waals surface area contributed by atoms with Gasteiger partial charge in [0.25, 0.3) is 6.43 Å². The molecule has 1 rings (SSSR count). The lowest BCUT2D eigenvalue weighted by Crippen LogP contribution is -2.41. The summed E-state index contributed by atoms with van der Waals surface area (Å²) >= 11 is 6.08. The van der Waals surface area contributed by atoms with Gasteiger partial charge in [0.1, 0.15) is 5.50 Å². The Morgan fingerprint density at radius 2 is 1.86 bits per heavy atom. The average molecular weight is 227 g/mol. The van der Waals surface area contributed by atoms with E-state index < -0.39 is 12.5 Å². The maximum absolute atomic E-state index is 12.7. The van der Waals surface area contributed by atoms with E-state index in [-0.39, 0.29) is 16.8 Å². The second kappa shape index (κ2) is 3.91. The first-order chi connectivity index (χ1) is 6.25. The lowest BCUT2D eigenvalue weighted by atomic mass is 9.77. The average Bonchev–Trinajstić information content (AvgIpc) is 2.27. The van der Waals surface area contributed by atoms with Gasteiger partial charge < -0.3 is 0 Å². The Balaban J connectivity index is 2.87. The van der Waals surface area contributed by atoms with Crippen LogP contribution in [0.25, 0.3) is 0 Å². The third kappa shape index (κ3) is 2.18. The summed E-state index contributed by atoms with van der Waals surface area (Å²) in [5.41, 5.74) is 2.10. The number of nitrogens with zero attached hydrogens (tertiary/aromatic N) is 1. The molecule has 2 nitrogen and oxygen atoms in total. The van der Waals surface area contributed by atoms with E-state index in [4.69, 9.17) is 11.6 Å². The van der Waals surface area contributed by atoms with Crippen molar-refractivity contribution in [3.8, 4) is 0 Å². The minimum atomic E-state index is -2.38. The molecule has 0 spiro atoms. The molecule has 1 fully saturated rings. The van der Waals surface area contributed by atoms with E-state index in [9.17, 15) is 8.78 Å². The Bertz CT molecular complexity index is 205. The number of halogens is 3. The summed E-state index contributed by atoms with van der Waals surface area (Å²) in [7, 11) is 1.69. The van der Waals surface area contributed by atoms with Gasteiger partial charge in [-0.2, -0.15) is 0 Å². The van der Waals surface area contributed by atoms with Crippen LogP contribution in [0.2, 0.25) is 0 Å². The van der Waals surface area contributed by atoms with Crippen molar-refractivity contribution < 1.29 is 8.78 Å². The SMILES string of the molecule is CN1NC(C(F)F)C(C(C)(C)C)C1Cl. The van der Waals surface area contributed by atoms with Gasteiger partial charge >= 0.3 is 0 Å². The van der Waals surface area contributed by atoms with Crippen LogP contribution >= 0.6 is 11.6 Å². The molecule has 0 aromatic carbocycles. The zero-order chi connectivity index (χ0) is 11.1. The van der Waals surface area contributed by atoms with E-state index in [1.807, 2.05) is 20.8 Å². The highest BCUT2D eigenvalue weighted by atomic mass is 35.5. The molecule has 84 valence electrons. The molecule has 1 aliphatic rings. The standard InChI is InChI=1S/C9H17ClF2N2/c1-9(2,3)5-6(8(11)12)13-14(4)7(5)10/h5-8,13H,1-4H3. The second-order valence-electron chi connectivity index (χ2n) is 4.86. The number of nitrogens with one attached hydrogen (secondary N) is 1. The van der Waals surface area contributed by atoms with Crippen molar-refractivity contribution >= 4 is 11.6 Å². The van der Waals surface area contributed by atoms with E-state index >= 15 is 0 Å². The quantitative estimate of drug-likeness (QED) is 0.545. The van der Waals surface area contributed by atoms with Crippen LogP contribution in [0.15, 0.2) is 0 Å². The Kier molecular flexibility index (Phi) is 3.39. The van der Waals surface area contributed by atoms with Crippen molar-refractivity contribution in [1.29, 1.82) is 0 Å². The molecule has 0 aliphatic carbocycles. The zero-order valence-electron chi connectivity index (χ0n) is 8.89. The van der Waals surface area contributed by atoms with Crippen LogP contribution in [-0.4, -0.2) is 30.0 Å². The fourth-order valence-electron chi connectivity index (χ4n) is 1.96. The first-order valence-corrected chi connectivity index (χ1v) is 5.10. The van der Waals surface area contributed by atoms with E-state index in [0.29, 0.717) is 0 Å². The number of hydrogen-bond donors (Lipinski definition) is 1. The summed E-state index contributed by atoms with van der Waals surface area (Å²) in [6, 6.07) is -0.845. The van der Waals surface area contributed by atoms with Crippen LogP contribution in [0.3, 0.4) is 0 Å². The van der Waals surface area contributed by atoms with Gasteiger partial charge in [-0.15, -0.1) is 11.6 Å². The molecule has 3 unspecified atom stereocenters. The van der Waals surface area contributed by atoms with E-state index in [1.54, 1.807) is 12.1 Å². The first-order valence-electron chi connectivity index (χ1n) is 4.66. The molecule has 0 bridgehead atoms. The Hall–Kier alpha value is 0.0700. The molecule has 5 heteroatoms. The van der Waals surface area contributed by atoms with E-state index in [1.165, 1.54) is 0 Å². The molecule has 0 saturated carbocycles. The lowest BCUT2D eigenvalue weighted by molar-refractivity contribution is 0.0540. The molecule has 1 aliphatic heterocycles. The van der Waals surface area contributed by atoms with Gasteiger partial charge in [0.2, 0.25) is 0 Å². The molecule has 14 heavy (non-hydrogen) atoms. The Morgan fingerprint density at radius 1 is 1.36 bits per heavy atom. The molecule has 0 radical (unpaired) electrons. The van der Waals surface area contributed by atoms with Gasteiger partial charge in [0.05, 0.1) is 6.04 Å². The van der Waals surface area contributed by atoms with Crippen molar-refractivity contribution in [1.82, 2.24) is 10.4 Å². The van der Waals surface area contributed by atoms with Crippen LogP contribution in [0, 0.1) is 11.3 Å². The predicted molar refractivity (Wildman–Crippen MR) is 53.3 cm³/mol. The smallest absolute Gasteiger partial charge is 0.245 e. The highest BCUT2D eigenvalue weighted by Gasteiger charge is 2.48. The zero-order valence-corrected chi connectivity index (χ0v) is 9.65. The molecular weight excluding hydrogens is 210 g/mol. The summed E-state index contributed by atoms with van der Waals surface area (Å²) in [6.07, 6.45) is -2.38.